The number of nitrogens with zero attached hydrogens (tertiary/aromatic N) is 1. The highest BCUT2D eigenvalue weighted by Gasteiger charge is 2.36. The van der Waals surface area contributed by atoms with Gasteiger partial charge in [-0.2, -0.15) is 0 Å². The van der Waals surface area contributed by atoms with Crippen LogP contribution in [0.4, 0.5) is 5.69 Å². The normalized spacial score (nSPS) is 22.5. The molecule has 0 aliphatic carbocycles. The van der Waals surface area contributed by atoms with Crippen molar-refractivity contribution in [3.8, 4) is 0 Å². The minimum atomic E-state index is -0.169. The van der Waals surface area contributed by atoms with Crippen molar-refractivity contribution >= 4 is 33.0 Å². The molecule has 0 radical (unpaired) electrons. The highest BCUT2D eigenvalue weighted by molar-refractivity contribution is 7.17. The van der Waals surface area contributed by atoms with Crippen molar-refractivity contribution in [2.24, 2.45) is 0 Å². The van der Waals surface area contributed by atoms with Gasteiger partial charge in [-0.25, -0.2) is 0 Å². The van der Waals surface area contributed by atoms with Gasteiger partial charge in [0.05, 0.1) is 11.7 Å². The Kier molecular flexibility index (Phi) is 3.91. The number of rotatable bonds is 3. The van der Waals surface area contributed by atoms with Gasteiger partial charge in [-0.05, 0) is 41.8 Å². The minimum absolute atomic E-state index is 0.0788. The molecule has 0 spiro atoms. The van der Waals surface area contributed by atoms with Gasteiger partial charge in [-0.15, -0.1) is 11.3 Å². The molecule has 5 heteroatoms. The second-order valence-corrected chi connectivity index (χ2v) is 7.78. The SMILES string of the molecule is O=C1c2ccccc2NC(c2csc3ccccc23)N1CC1CCCO1. The topological polar surface area (TPSA) is 41.6 Å². The third kappa shape index (κ3) is 2.59. The van der Waals surface area contributed by atoms with Crippen LogP contribution < -0.4 is 5.32 Å². The molecule has 1 aromatic heterocycles. The molecule has 1 N–H and O–H groups in total. The van der Waals surface area contributed by atoms with E-state index >= 15 is 0 Å². The first kappa shape index (κ1) is 15.9. The van der Waals surface area contributed by atoms with Gasteiger partial charge in [0.15, 0.2) is 0 Å². The molecular formula is C21H20N2O2S. The zero-order chi connectivity index (χ0) is 17.5. The van der Waals surface area contributed by atoms with Crippen molar-refractivity contribution < 1.29 is 9.53 Å². The predicted octanol–water partition coefficient (Wildman–Crippen LogP) is 4.65. The highest BCUT2D eigenvalue weighted by atomic mass is 32.1. The Labute approximate surface area is 156 Å². The van der Waals surface area contributed by atoms with Crippen LogP contribution in [0.5, 0.6) is 0 Å². The summed E-state index contributed by atoms with van der Waals surface area (Å²) in [6.45, 7) is 1.41. The molecule has 0 saturated carbocycles. The van der Waals surface area contributed by atoms with Gasteiger partial charge in [-0.1, -0.05) is 30.3 Å². The Hall–Kier alpha value is -2.37. The molecule has 2 aliphatic heterocycles. The van der Waals surface area contributed by atoms with E-state index in [0.29, 0.717) is 6.54 Å². The van der Waals surface area contributed by atoms with E-state index in [1.807, 2.05) is 29.2 Å². The molecule has 1 amide bonds. The summed E-state index contributed by atoms with van der Waals surface area (Å²) in [7, 11) is 0. The van der Waals surface area contributed by atoms with Gasteiger partial charge >= 0.3 is 0 Å². The third-order valence-electron chi connectivity index (χ3n) is 5.25. The van der Waals surface area contributed by atoms with Crippen LogP contribution >= 0.6 is 11.3 Å². The molecule has 2 aliphatic rings. The van der Waals surface area contributed by atoms with Crippen molar-refractivity contribution in [2.75, 3.05) is 18.5 Å². The molecule has 2 unspecified atom stereocenters. The Morgan fingerprint density at radius 1 is 1.15 bits per heavy atom. The van der Waals surface area contributed by atoms with Crippen molar-refractivity contribution in [3.05, 3.63) is 65.0 Å². The average Bonchev–Trinajstić information content (AvgIpc) is 3.34. The number of hydrogen-bond donors (Lipinski definition) is 1. The fourth-order valence-corrected chi connectivity index (χ4v) is 4.92. The number of ether oxygens (including phenoxy) is 1. The number of thiophene rings is 1. The summed E-state index contributed by atoms with van der Waals surface area (Å²) < 4.78 is 7.07. The summed E-state index contributed by atoms with van der Waals surface area (Å²) in [5, 5.41) is 6.98. The van der Waals surface area contributed by atoms with Crippen LogP contribution in [0, 0.1) is 0 Å². The van der Waals surface area contributed by atoms with Crippen LogP contribution in [0.15, 0.2) is 53.9 Å². The van der Waals surface area contributed by atoms with Crippen molar-refractivity contribution in [1.29, 1.82) is 0 Å². The Morgan fingerprint density at radius 2 is 2.00 bits per heavy atom. The molecule has 3 aromatic rings. The summed E-state index contributed by atoms with van der Waals surface area (Å²) in [5.74, 6) is 0.0788. The lowest BCUT2D eigenvalue weighted by Crippen LogP contribution is -2.46. The van der Waals surface area contributed by atoms with Gasteiger partial charge in [0, 0.05) is 29.1 Å². The second-order valence-electron chi connectivity index (χ2n) is 6.87. The largest absolute Gasteiger partial charge is 0.376 e. The van der Waals surface area contributed by atoms with Crippen molar-refractivity contribution in [3.63, 3.8) is 0 Å². The summed E-state index contributed by atoms with van der Waals surface area (Å²) in [5.41, 5.74) is 2.80. The molecule has 4 nitrogen and oxygen atoms in total. The third-order valence-corrected chi connectivity index (χ3v) is 6.23. The standard InChI is InChI=1S/C21H20N2O2S/c24-21-16-8-1-3-9-18(16)22-20(23(21)12-14-6-5-11-25-14)17-13-26-19-10-4-2-7-15(17)19/h1-4,7-10,13-14,20,22H,5-6,11-12H2. The van der Waals surface area contributed by atoms with Crippen LogP contribution in [0.2, 0.25) is 0 Å². The quantitative estimate of drug-likeness (QED) is 0.736. The Bertz CT molecular complexity index is 961. The van der Waals surface area contributed by atoms with Gasteiger partial charge in [-0.3, -0.25) is 4.79 Å². The van der Waals surface area contributed by atoms with Gasteiger partial charge in [0.1, 0.15) is 6.17 Å². The maximum absolute atomic E-state index is 13.3. The molecule has 5 rings (SSSR count). The van der Waals surface area contributed by atoms with Crippen LogP contribution in [0.25, 0.3) is 10.1 Å². The maximum Gasteiger partial charge on any atom is 0.257 e. The summed E-state index contributed by atoms with van der Waals surface area (Å²) in [4.78, 5) is 15.2. The van der Waals surface area contributed by atoms with Gasteiger partial charge < -0.3 is 15.0 Å². The lowest BCUT2D eigenvalue weighted by atomic mass is 10.0. The van der Waals surface area contributed by atoms with Crippen molar-refractivity contribution in [1.82, 2.24) is 4.90 Å². The monoisotopic (exact) mass is 364 g/mol. The number of hydrogen-bond acceptors (Lipinski definition) is 4. The zero-order valence-electron chi connectivity index (χ0n) is 14.4. The fourth-order valence-electron chi connectivity index (χ4n) is 3.94. The number of carbonyl (C=O) groups is 1. The van der Waals surface area contributed by atoms with Gasteiger partial charge in [0.25, 0.3) is 5.91 Å². The minimum Gasteiger partial charge on any atom is -0.376 e. The van der Waals surface area contributed by atoms with E-state index in [0.717, 1.165) is 36.3 Å². The van der Waals surface area contributed by atoms with Gasteiger partial charge in [0.2, 0.25) is 0 Å². The number of para-hydroxylation sites is 1. The lowest BCUT2D eigenvalue weighted by Gasteiger charge is -2.39. The van der Waals surface area contributed by atoms with Crippen LogP contribution in [0.3, 0.4) is 0 Å². The molecule has 2 atom stereocenters. The van der Waals surface area contributed by atoms with E-state index in [1.165, 1.54) is 10.1 Å². The smallest absolute Gasteiger partial charge is 0.257 e. The molecule has 0 bridgehead atoms. The van der Waals surface area contributed by atoms with E-state index < -0.39 is 0 Å². The molecule has 26 heavy (non-hydrogen) atoms. The van der Waals surface area contributed by atoms with E-state index in [1.54, 1.807) is 11.3 Å². The highest BCUT2D eigenvalue weighted by Crippen LogP contribution is 2.38. The Balaban J connectivity index is 1.59. The number of nitrogens with one attached hydrogen (secondary N) is 1. The van der Waals surface area contributed by atoms with Crippen LogP contribution in [0.1, 0.15) is 34.9 Å². The van der Waals surface area contributed by atoms with E-state index in [-0.39, 0.29) is 18.2 Å². The first-order valence-electron chi connectivity index (χ1n) is 9.05. The molecule has 2 aromatic carbocycles. The molecular weight excluding hydrogens is 344 g/mol. The average molecular weight is 364 g/mol. The first-order valence-corrected chi connectivity index (χ1v) is 9.93. The first-order chi connectivity index (χ1) is 12.8. The van der Waals surface area contributed by atoms with E-state index in [4.69, 9.17) is 4.74 Å². The summed E-state index contributed by atoms with van der Waals surface area (Å²) >= 11 is 1.73. The van der Waals surface area contributed by atoms with Crippen molar-refractivity contribution in [2.45, 2.75) is 25.1 Å². The summed E-state index contributed by atoms with van der Waals surface area (Å²) in [6, 6.07) is 16.2. The van der Waals surface area contributed by atoms with Crippen LogP contribution in [-0.2, 0) is 4.74 Å². The van der Waals surface area contributed by atoms with E-state index in [2.05, 4.69) is 35.0 Å². The summed E-state index contributed by atoms with van der Waals surface area (Å²) in [6.07, 6.45) is 2.04. The molecule has 3 heterocycles. The number of benzene rings is 2. The molecule has 132 valence electrons. The maximum atomic E-state index is 13.3. The second kappa shape index (κ2) is 6.41. The molecule has 1 fully saturated rings. The lowest BCUT2D eigenvalue weighted by molar-refractivity contribution is 0.0429. The number of amides is 1. The molecule has 1 saturated heterocycles. The Morgan fingerprint density at radius 3 is 2.88 bits per heavy atom. The number of fused-ring (bicyclic) bond motifs is 2. The van der Waals surface area contributed by atoms with E-state index in [9.17, 15) is 4.79 Å². The predicted molar refractivity (Wildman–Crippen MR) is 105 cm³/mol. The number of anilines is 1. The fraction of sp³-hybridized carbons (Fsp3) is 0.286. The zero-order valence-corrected chi connectivity index (χ0v) is 15.2. The number of carbonyl (C=O) groups excluding carboxylic acids is 1. The van der Waals surface area contributed by atoms with Crippen LogP contribution in [-0.4, -0.2) is 30.1 Å².